The summed E-state index contributed by atoms with van der Waals surface area (Å²) in [5.41, 5.74) is 1.89. The summed E-state index contributed by atoms with van der Waals surface area (Å²) in [6, 6.07) is 14.8. The van der Waals surface area contributed by atoms with Gasteiger partial charge < -0.3 is 15.0 Å². The van der Waals surface area contributed by atoms with Crippen molar-refractivity contribution in [1.29, 1.82) is 0 Å². The van der Waals surface area contributed by atoms with Crippen LogP contribution < -0.4 is 5.32 Å². The molecule has 2 N–H and O–H groups in total. The second-order valence-electron chi connectivity index (χ2n) is 5.36. The van der Waals surface area contributed by atoms with Gasteiger partial charge in [0.25, 0.3) is 5.91 Å². The topological polar surface area (TPSA) is 71.3 Å². The number of benzene rings is 2. The lowest BCUT2D eigenvalue weighted by Gasteiger charge is -2.15. The van der Waals surface area contributed by atoms with E-state index in [4.69, 9.17) is 0 Å². The van der Waals surface area contributed by atoms with E-state index in [1.807, 2.05) is 29.9 Å². The van der Waals surface area contributed by atoms with Gasteiger partial charge in [-0.25, -0.2) is 4.79 Å². The Morgan fingerprint density at radius 3 is 2.52 bits per heavy atom. The van der Waals surface area contributed by atoms with E-state index in [0.29, 0.717) is 11.1 Å². The number of carbonyl (C=O) groups is 2. The van der Waals surface area contributed by atoms with Crippen LogP contribution in [0.4, 0.5) is 0 Å². The third-order valence-electron chi connectivity index (χ3n) is 3.81. The van der Waals surface area contributed by atoms with Gasteiger partial charge in [0.2, 0.25) is 0 Å². The molecule has 0 bridgehead atoms. The number of aromatic nitrogens is 1. The van der Waals surface area contributed by atoms with Crippen molar-refractivity contribution in [3.05, 3.63) is 71.9 Å². The van der Waals surface area contributed by atoms with Crippen LogP contribution in [0.15, 0.2) is 60.8 Å². The molecule has 5 heteroatoms. The Bertz CT molecular complexity index is 868. The number of hydrogen-bond donors (Lipinski definition) is 2. The van der Waals surface area contributed by atoms with Gasteiger partial charge in [-0.1, -0.05) is 36.4 Å². The highest BCUT2D eigenvalue weighted by molar-refractivity contribution is 5.99. The molecule has 0 aliphatic carbocycles. The predicted molar refractivity (Wildman–Crippen MR) is 87.2 cm³/mol. The van der Waals surface area contributed by atoms with Gasteiger partial charge in [-0.15, -0.1) is 0 Å². The van der Waals surface area contributed by atoms with E-state index in [9.17, 15) is 14.7 Å². The predicted octanol–water partition coefficient (Wildman–Crippen LogP) is 2.73. The van der Waals surface area contributed by atoms with E-state index in [-0.39, 0.29) is 0 Å². The third kappa shape index (κ3) is 2.94. The third-order valence-corrected chi connectivity index (χ3v) is 3.81. The number of fused-ring (bicyclic) bond motifs is 1. The minimum Gasteiger partial charge on any atom is -0.479 e. The Labute approximate surface area is 133 Å². The van der Waals surface area contributed by atoms with Crippen molar-refractivity contribution >= 4 is 22.8 Å². The van der Waals surface area contributed by atoms with E-state index in [0.717, 1.165) is 10.9 Å². The number of carboxylic acids is 1. The lowest BCUT2D eigenvalue weighted by atomic mass is 10.1. The lowest BCUT2D eigenvalue weighted by molar-refractivity contribution is -0.139. The minimum absolute atomic E-state index is 0.413. The van der Waals surface area contributed by atoms with Crippen LogP contribution in [0.2, 0.25) is 0 Å². The summed E-state index contributed by atoms with van der Waals surface area (Å²) in [6.07, 6.45) is 1.91. The van der Waals surface area contributed by atoms with Gasteiger partial charge in [-0.2, -0.15) is 0 Å². The Morgan fingerprint density at radius 1 is 1.09 bits per heavy atom. The average Bonchev–Trinajstić information content (AvgIpc) is 2.93. The summed E-state index contributed by atoms with van der Waals surface area (Å²) in [4.78, 5) is 23.9. The average molecular weight is 308 g/mol. The number of carbonyl (C=O) groups excluding carboxylic acids is 1. The molecule has 116 valence electrons. The lowest BCUT2D eigenvalue weighted by Crippen LogP contribution is -2.33. The summed E-state index contributed by atoms with van der Waals surface area (Å²) >= 11 is 0. The van der Waals surface area contributed by atoms with Gasteiger partial charge in [0, 0.05) is 24.3 Å². The standard InChI is InChI=1S/C18H16N2O3/c1-20-10-9-12-7-8-14(11-15(12)20)17(21)19-16(18(22)23)13-5-3-2-4-6-13/h2-11,16H,1H3,(H,19,21)(H,22,23). The molecule has 0 aliphatic rings. The Morgan fingerprint density at radius 2 is 1.83 bits per heavy atom. The maximum absolute atomic E-state index is 12.4. The number of hydrogen-bond acceptors (Lipinski definition) is 2. The molecule has 2 aromatic carbocycles. The van der Waals surface area contributed by atoms with Crippen molar-refractivity contribution in [2.75, 3.05) is 0 Å². The first kappa shape index (κ1) is 14.8. The van der Waals surface area contributed by atoms with Crippen LogP contribution in [0.1, 0.15) is 22.0 Å². The van der Waals surface area contributed by atoms with Crippen LogP contribution in [0.3, 0.4) is 0 Å². The smallest absolute Gasteiger partial charge is 0.330 e. The maximum Gasteiger partial charge on any atom is 0.330 e. The summed E-state index contributed by atoms with van der Waals surface area (Å²) in [5, 5.41) is 13.0. The molecule has 3 rings (SSSR count). The van der Waals surface area contributed by atoms with Gasteiger partial charge >= 0.3 is 5.97 Å². The summed E-state index contributed by atoms with van der Waals surface area (Å²) in [6.45, 7) is 0. The second kappa shape index (κ2) is 5.96. The van der Waals surface area contributed by atoms with E-state index in [2.05, 4.69) is 5.32 Å². The van der Waals surface area contributed by atoms with Crippen LogP contribution in [-0.2, 0) is 11.8 Å². The van der Waals surface area contributed by atoms with Crippen LogP contribution in [0.25, 0.3) is 10.9 Å². The van der Waals surface area contributed by atoms with Crippen molar-refractivity contribution in [2.45, 2.75) is 6.04 Å². The first-order valence-corrected chi connectivity index (χ1v) is 7.20. The molecule has 1 unspecified atom stereocenters. The SMILES string of the molecule is Cn1ccc2ccc(C(=O)NC(C(=O)O)c3ccccc3)cc21. The number of nitrogens with zero attached hydrogens (tertiary/aromatic N) is 1. The molecule has 0 radical (unpaired) electrons. The highest BCUT2D eigenvalue weighted by atomic mass is 16.4. The van der Waals surface area contributed by atoms with Crippen LogP contribution in [-0.4, -0.2) is 21.6 Å². The molecule has 0 saturated carbocycles. The first-order valence-electron chi connectivity index (χ1n) is 7.20. The van der Waals surface area contributed by atoms with Crippen molar-refractivity contribution in [2.24, 2.45) is 7.05 Å². The molecule has 3 aromatic rings. The van der Waals surface area contributed by atoms with Crippen molar-refractivity contribution in [3.8, 4) is 0 Å². The molecule has 1 heterocycles. The fraction of sp³-hybridized carbons (Fsp3) is 0.111. The second-order valence-corrected chi connectivity index (χ2v) is 5.36. The number of amides is 1. The molecule has 0 spiro atoms. The fourth-order valence-corrected chi connectivity index (χ4v) is 2.55. The molecule has 5 nitrogen and oxygen atoms in total. The summed E-state index contributed by atoms with van der Waals surface area (Å²) < 4.78 is 1.91. The Hall–Kier alpha value is -3.08. The number of carboxylic acid groups (broad SMARTS) is 1. The van der Waals surface area contributed by atoms with Gasteiger partial charge in [-0.3, -0.25) is 4.79 Å². The van der Waals surface area contributed by atoms with Crippen molar-refractivity contribution < 1.29 is 14.7 Å². The molecule has 0 fully saturated rings. The van der Waals surface area contributed by atoms with E-state index in [1.165, 1.54) is 0 Å². The van der Waals surface area contributed by atoms with E-state index >= 15 is 0 Å². The molecule has 0 saturated heterocycles. The number of aryl methyl sites for hydroxylation is 1. The minimum atomic E-state index is -1.09. The van der Waals surface area contributed by atoms with Crippen molar-refractivity contribution in [1.82, 2.24) is 9.88 Å². The van der Waals surface area contributed by atoms with E-state index < -0.39 is 17.9 Å². The molecule has 23 heavy (non-hydrogen) atoms. The number of aliphatic carboxylic acids is 1. The molecule has 0 aliphatic heterocycles. The van der Waals surface area contributed by atoms with Gasteiger partial charge in [0.15, 0.2) is 6.04 Å². The fourth-order valence-electron chi connectivity index (χ4n) is 2.55. The zero-order valence-corrected chi connectivity index (χ0v) is 12.6. The van der Waals surface area contributed by atoms with Crippen LogP contribution in [0.5, 0.6) is 0 Å². The number of nitrogens with one attached hydrogen (secondary N) is 1. The zero-order valence-electron chi connectivity index (χ0n) is 12.6. The normalized spacial score (nSPS) is 12.0. The van der Waals surface area contributed by atoms with Gasteiger partial charge in [0.1, 0.15) is 0 Å². The van der Waals surface area contributed by atoms with Crippen molar-refractivity contribution in [3.63, 3.8) is 0 Å². The maximum atomic E-state index is 12.4. The van der Waals surface area contributed by atoms with Gasteiger partial charge in [-0.05, 0) is 29.1 Å². The molecule has 1 aromatic heterocycles. The molecule has 1 atom stereocenters. The molecule has 1 amide bonds. The molecular weight excluding hydrogens is 292 g/mol. The van der Waals surface area contributed by atoms with Crippen LogP contribution in [0, 0.1) is 0 Å². The Balaban J connectivity index is 1.88. The van der Waals surface area contributed by atoms with E-state index in [1.54, 1.807) is 42.5 Å². The quantitative estimate of drug-likeness (QED) is 0.778. The number of rotatable bonds is 4. The Kier molecular flexibility index (Phi) is 3.85. The first-order chi connectivity index (χ1) is 11.1. The molecular formula is C18H16N2O3. The monoisotopic (exact) mass is 308 g/mol. The van der Waals surface area contributed by atoms with Gasteiger partial charge in [0.05, 0.1) is 0 Å². The highest BCUT2D eigenvalue weighted by Crippen LogP contribution is 2.18. The summed E-state index contributed by atoms with van der Waals surface area (Å²) in [7, 11) is 1.90. The zero-order chi connectivity index (χ0) is 16.4. The largest absolute Gasteiger partial charge is 0.479 e. The van der Waals surface area contributed by atoms with Crippen LogP contribution >= 0.6 is 0 Å². The highest BCUT2D eigenvalue weighted by Gasteiger charge is 2.22. The summed E-state index contributed by atoms with van der Waals surface area (Å²) in [5.74, 6) is -1.51.